The largest absolute Gasteiger partial charge is 0.462 e. The van der Waals surface area contributed by atoms with Crippen LogP contribution in [-0.2, 0) is 25.2 Å². The monoisotopic (exact) mass is 719 g/mol. The fraction of sp³-hybridized carbons (Fsp3) is 0.242. The Morgan fingerprint density at radius 1 is 0.960 bits per heavy atom. The zero-order valence-electron chi connectivity index (χ0n) is 27.3. The molecular weight excluding hydrogens is 685 g/mol. The standard InChI is InChI=1S/C33H34F5N7O4S/c1-5-49-29(46)19-50(4,48)23-10-8-22(9-11-23)41-31-40-18-24(30(44-31)39-14-15-45(2)3)20-6-13-27(26(35)16-20)42-32(47)43-28-17-21(33(36,37)38)7-12-25(28)34/h6-13,16-19H,5,14-15H2,1-4H3,(H2,42,43,47)(H2,39,40,41,44). The van der Waals surface area contributed by atoms with Gasteiger partial charge < -0.3 is 30.9 Å². The van der Waals surface area contributed by atoms with Crippen molar-refractivity contribution in [2.75, 3.05) is 61.3 Å². The van der Waals surface area contributed by atoms with Crippen LogP contribution >= 0.6 is 0 Å². The molecule has 4 rings (SSSR count). The van der Waals surface area contributed by atoms with E-state index in [-0.39, 0.29) is 18.2 Å². The number of aromatic nitrogens is 2. The molecule has 17 heteroatoms. The summed E-state index contributed by atoms with van der Waals surface area (Å²) in [6.45, 7) is 2.90. The van der Waals surface area contributed by atoms with Crippen molar-refractivity contribution in [3.05, 3.63) is 84.1 Å². The predicted octanol–water partition coefficient (Wildman–Crippen LogP) is 6.44. The molecule has 2 amide bonds. The number of esters is 1. The zero-order chi connectivity index (χ0) is 36.6. The Hall–Kier alpha value is -5.29. The van der Waals surface area contributed by atoms with Gasteiger partial charge in [-0.05, 0) is 81.2 Å². The highest BCUT2D eigenvalue weighted by atomic mass is 32.2. The number of carbonyl (C=O) groups is 2. The quantitative estimate of drug-likeness (QED) is 0.0741. The molecule has 1 aromatic heterocycles. The summed E-state index contributed by atoms with van der Waals surface area (Å²) in [5.74, 6) is -2.14. The second-order valence-corrected chi connectivity index (χ2v) is 13.6. The number of ether oxygens (including phenoxy) is 1. The Morgan fingerprint density at radius 3 is 2.30 bits per heavy atom. The lowest BCUT2D eigenvalue weighted by molar-refractivity contribution is -0.137. The fourth-order valence-electron chi connectivity index (χ4n) is 4.41. The number of hydrogen-bond donors (Lipinski definition) is 4. The first-order chi connectivity index (χ1) is 23.5. The number of hydrogen-bond acceptors (Lipinski definition) is 9. The molecule has 0 radical (unpaired) electrons. The lowest BCUT2D eigenvalue weighted by Gasteiger charge is -2.16. The van der Waals surface area contributed by atoms with Crippen molar-refractivity contribution in [2.45, 2.75) is 18.0 Å². The first-order valence-corrected chi connectivity index (χ1v) is 17.0. The SMILES string of the molecule is CCOC(=O)C=S(C)(=O)c1ccc(Nc2ncc(-c3ccc(NC(=O)Nc4cc(C(F)(F)F)ccc4F)c(F)c3)c(NCCN(C)C)n2)cc1. The van der Waals surface area contributed by atoms with Crippen LogP contribution in [-0.4, -0.2) is 76.5 Å². The molecule has 4 N–H and O–H groups in total. The highest BCUT2D eigenvalue weighted by Gasteiger charge is 2.31. The lowest BCUT2D eigenvalue weighted by atomic mass is 10.1. The number of alkyl halides is 3. The summed E-state index contributed by atoms with van der Waals surface area (Å²) >= 11 is 0. The van der Waals surface area contributed by atoms with Crippen molar-refractivity contribution in [2.24, 2.45) is 0 Å². The number of nitrogens with one attached hydrogen (secondary N) is 4. The van der Waals surface area contributed by atoms with Gasteiger partial charge in [-0.3, -0.25) is 4.21 Å². The number of anilines is 5. The maximum Gasteiger partial charge on any atom is 0.416 e. The van der Waals surface area contributed by atoms with Crippen molar-refractivity contribution in [3.8, 4) is 11.1 Å². The summed E-state index contributed by atoms with van der Waals surface area (Å²) in [6.07, 6.45) is -1.87. The highest BCUT2D eigenvalue weighted by Crippen LogP contribution is 2.33. The molecule has 11 nitrogen and oxygen atoms in total. The highest BCUT2D eigenvalue weighted by molar-refractivity contribution is 8.01. The molecule has 4 aromatic rings. The number of nitrogens with zero attached hydrogens (tertiary/aromatic N) is 3. The van der Waals surface area contributed by atoms with Gasteiger partial charge in [0.25, 0.3) is 0 Å². The lowest BCUT2D eigenvalue weighted by Crippen LogP contribution is -2.21. The van der Waals surface area contributed by atoms with Gasteiger partial charge in [-0.2, -0.15) is 18.2 Å². The van der Waals surface area contributed by atoms with Crippen LogP contribution in [0.1, 0.15) is 12.5 Å². The summed E-state index contributed by atoms with van der Waals surface area (Å²) < 4.78 is 86.3. The summed E-state index contributed by atoms with van der Waals surface area (Å²) in [7, 11) is 0.972. The first kappa shape index (κ1) is 37.5. The van der Waals surface area contributed by atoms with Gasteiger partial charge >= 0.3 is 18.2 Å². The molecule has 0 saturated carbocycles. The molecule has 0 aliphatic heterocycles. The third-order valence-corrected chi connectivity index (χ3v) is 8.75. The van der Waals surface area contributed by atoms with E-state index in [1.165, 1.54) is 24.6 Å². The fourth-order valence-corrected chi connectivity index (χ4v) is 5.66. The average molecular weight is 720 g/mol. The van der Waals surface area contributed by atoms with Crippen molar-refractivity contribution in [3.63, 3.8) is 0 Å². The number of likely N-dealkylation sites (N-methyl/N-ethyl adjacent to an activating group) is 1. The summed E-state index contributed by atoms with van der Waals surface area (Å²) in [4.78, 5) is 35.5. The van der Waals surface area contributed by atoms with Crippen molar-refractivity contribution >= 4 is 55.7 Å². The first-order valence-electron chi connectivity index (χ1n) is 14.9. The van der Waals surface area contributed by atoms with Crippen LogP contribution in [0.3, 0.4) is 0 Å². The topological polar surface area (TPSA) is 138 Å². The molecule has 1 heterocycles. The Bertz CT molecular complexity index is 1980. The van der Waals surface area contributed by atoms with E-state index in [2.05, 4.69) is 25.9 Å². The Balaban J connectivity index is 1.54. The predicted molar refractivity (Wildman–Crippen MR) is 183 cm³/mol. The van der Waals surface area contributed by atoms with Crippen molar-refractivity contribution in [1.29, 1.82) is 0 Å². The number of halogens is 5. The van der Waals surface area contributed by atoms with E-state index in [0.29, 0.717) is 58.8 Å². The van der Waals surface area contributed by atoms with E-state index in [1.807, 2.05) is 24.3 Å². The molecule has 0 saturated heterocycles. The van der Waals surface area contributed by atoms with Crippen LogP contribution in [0.25, 0.3) is 11.1 Å². The average Bonchev–Trinajstić information content (AvgIpc) is 3.03. The van der Waals surface area contributed by atoms with Crippen LogP contribution in [0, 0.1) is 11.6 Å². The van der Waals surface area contributed by atoms with Crippen LogP contribution in [0.5, 0.6) is 0 Å². The number of carbonyl (C=O) groups excluding carboxylic acids is 2. The van der Waals surface area contributed by atoms with Gasteiger partial charge in [0.05, 0.1) is 28.9 Å². The minimum atomic E-state index is -4.76. The van der Waals surface area contributed by atoms with E-state index in [1.54, 1.807) is 31.2 Å². The van der Waals surface area contributed by atoms with E-state index in [0.717, 1.165) is 11.4 Å². The van der Waals surface area contributed by atoms with Gasteiger partial charge in [-0.15, -0.1) is 0 Å². The van der Waals surface area contributed by atoms with Gasteiger partial charge in [0.15, 0.2) is 0 Å². The summed E-state index contributed by atoms with van der Waals surface area (Å²) in [6, 6.07) is 10.7. The summed E-state index contributed by atoms with van der Waals surface area (Å²) in [5, 5.41) is 11.4. The van der Waals surface area contributed by atoms with Gasteiger partial charge in [0.1, 0.15) is 17.5 Å². The third kappa shape index (κ3) is 10.1. The molecule has 266 valence electrons. The number of rotatable bonds is 12. The molecule has 1 unspecified atom stereocenters. The molecule has 1 atom stereocenters. The molecule has 0 spiro atoms. The van der Waals surface area contributed by atoms with E-state index < -0.39 is 50.6 Å². The van der Waals surface area contributed by atoms with Crippen LogP contribution in [0.2, 0.25) is 0 Å². The van der Waals surface area contributed by atoms with Crippen LogP contribution in [0.4, 0.5) is 55.6 Å². The van der Waals surface area contributed by atoms with E-state index >= 15 is 4.39 Å². The summed E-state index contributed by atoms with van der Waals surface area (Å²) in [5.41, 5.74) is -0.935. The molecular formula is C33H34F5N7O4S. The van der Waals surface area contributed by atoms with Gasteiger partial charge in [0.2, 0.25) is 5.95 Å². The smallest absolute Gasteiger partial charge is 0.416 e. The second kappa shape index (κ2) is 15.9. The number of urea groups is 1. The Morgan fingerprint density at radius 2 is 1.66 bits per heavy atom. The number of amides is 2. The van der Waals surface area contributed by atoms with Crippen molar-refractivity contribution in [1.82, 2.24) is 14.9 Å². The second-order valence-electron chi connectivity index (χ2n) is 11.1. The minimum Gasteiger partial charge on any atom is -0.462 e. The van der Waals surface area contributed by atoms with Crippen LogP contribution < -0.4 is 21.3 Å². The molecule has 0 bridgehead atoms. The normalized spacial score (nSPS) is 12.5. The Kier molecular flexibility index (Phi) is 12.0. The minimum absolute atomic E-state index is 0.160. The zero-order valence-corrected chi connectivity index (χ0v) is 28.1. The van der Waals surface area contributed by atoms with E-state index in [9.17, 15) is 31.4 Å². The van der Waals surface area contributed by atoms with Gasteiger partial charge in [0, 0.05) is 51.2 Å². The third-order valence-electron chi connectivity index (χ3n) is 6.90. The van der Waals surface area contributed by atoms with Gasteiger partial charge in [-0.1, -0.05) is 6.07 Å². The number of benzene rings is 3. The molecule has 50 heavy (non-hydrogen) atoms. The maximum absolute atomic E-state index is 15.2. The Labute approximate surface area is 285 Å². The molecule has 3 aromatic carbocycles. The maximum atomic E-state index is 15.2. The van der Waals surface area contributed by atoms with Gasteiger partial charge in [-0.25, -0.2) is 23.4 Å². The molecule has 0 aliphatic rings. The van der Waals surface area contributed by atoms with Crippen LogP contribution in [0.15, 0.2) is 71.8 Å². The van der Waals surface area contributed by atoms with Crippen molar-refractivity contribution < 1.29 is 40.5 Å². The van der Waals surface area contributed by atoms with E-state index in [4.69, 9.17) is 4.74 Å². The molecule has 0 aliphatic carbocycles. The molecule has 0 fully saturated rings.